The van der Waals surface area contributed by atoms with Crippen molar-refractivity contribution >= 4 is 5.91 Å². The van der Waals surface area contributed by atoms with Crippen LogP contribution in [0.4, 0.5) is 4.39 Å². The lowest BCUT2D eigenvalue weighted by atomic mass is 9.95. The van der Waals surface area contributed by atoms with E-state index in [2.05, 4.69) is 9.97 Å². The van der Waals surface area contributed by atoms with E-state index in [9.17, 15) is 9.18 Å². The molecule has 0 aliphatic carbocycles. The van der Waals surface area contributed by atoms with Gasteiger partial charge in [-0.05, 0) is 61.6 Å². The van der Waals surface area contributed by atoms with Gasteiger partial charge in [-0.2, -0.15) is 0 Å². The minimum Gasteiger partial charge on any atom is -0.329 e. The van der Waals surface area contributed by atoms with Gasteiger partial charge >= 0.3 is 0 Å². The van der Waals surface area contributed by atoms with Crippen LogP contribution in [0.3, 0.4) is 0 Å². The van der Waals surface area contributed by atoms with Crippen molar-refractivity contribution in [2.24, 2.45) is 0 Å². The summed E-state index contributed by atoms with van der Waals surface area (Å²) in [5, 5.41) is 0. The highest BCUT2D eigenvalue weighted by Gasteiger charge is 2.30. The van der Waals surface area contributed by atoms with E-state index < -0.39 is 0 Å². The quantitative estimate of drug-likeness (QED) is 0.682. The highest BCUT2D eigenvalue weighted by molar-refractivity contribution is 5.92. The Balaban J connectivity index is 1.69. The van der Waals surface area contributed by atoms with Gasteiger partial charge in [0.15, 0.2) is 0 Å². The molecule has 6 heteroatoms. The Morgan fingerprint density at radius 1 is 1.11 bits per heavy atom. The number of pyridine rings is 1. The predicted molar refractivity (Wildman–Crippen MR) is 104 cm³/mol. The van der Waals surface area contributed by atoms with Crippen LogP contribution in [0.2, 0.25) is 0 Å². The number of aryl methyl sites for hydroxylation is 1. The van der Waals surface area contributed by atoms with Crippen molar-refractivity contribution in [1.29, 1.82) is 0 Å². The zero-order chi connectivity index (χ0) is 19.5. The van der Waals surface area contributed by atoms with Crippen molar-refractivity contribution in [2.75, 3.05) is 6.54 Å². The number of amides is 1. The minimum atomic E-state index is -0.261. The topological polar surface area (TPSA) is 59.0 Å². The summed E-state index contributed by atoms with van der Waals surface area (Å²) >= 11 is 0. The summed E-state index contributed by atoms with van der Waals surface area (Å²) in [4.78, 5) is 27.8. The van der Waals surface area contributed by atoms with Gasteiger partial charge in [0.1, 0.15) is 11.5 Å². The van der Waals surface area contributed by atoms with Gasteiger partial charge in [0.25, 0.3) is 5.91 Å². The third-order valence-corrected chi connectivity index (χ3v) is 5.04. The molecule has 0 saturated carbocycles. The molecule has 142 valence electrons. The van der Waals surface area contributed by atoms with E-state index in [1.807, 2.05) is 24.0 Å². The number of hydrogen-bond donors (Lipinski definition) is 0. The van der Waals surface area contributed by atoms with Gasteiger partial charge in [0.05, 0.1) is 17.9 Å². The van der Waals surface area contributed by atoms with Crippen LogP contribution in [0.25, 0.3) is 11.1 Å². The lowest BCUT2D eigenvalue weighted by Crippen LogP contribution is -2.39. The van der Waals surface area contributed by atoms with E-state index in [-0.39, 0.29) is 17.8 Å². The number of aromatic nitrogens is 3. The average molecular weight is 376 g/mol. The molecule has 5 nitrogen and oxygen atoms in total. The minimum absolute atomic E-state index is 0.109. The monoisotopic (exact) mass is 376 g/mol. The molecule has 0 spiro atoms. The SMILES string of the molecule is Cc1cc(-c2ccc(F)cc2)cc([C@H]2CCCCN2C(=O)c2cnccn2)n1. The van der Waals surface area contributed by atoms with Crippen LogP contribution < -0.4 is 0 Å². The molecule has 0 unspecified atom stereocenters. The van der Waals surface area contributed by atoms with Gasteiger partial charge in [-0.25, -0.2) is 9.37 Å². The van der Waals surface area contributed by atoms with E-state index in [1.165, 1.54) is 24.5 Å². The van der Waals surface area contributed by atoms with Crippen molar-refractivity contribution < 1.29 is 9.18 Å². The number of carbonyl (C=O) groups is 1. The molecule has 1 amide bonds. The fraction of sp³-hybridized carbons (Fsp3) is 0.273. The standard InChI is InChI=1S/C22H21FN4O/c1-15-12-17(16-5-7-18(23)8-6-16)13-19(26-15)21-4-2-3-11-27(21)22(28)20-14-24-9-10-25-20/h5-10,12-14,21H,2-4,11H2,1H3/t21-/m1/s1. The first-order chi connectivity index (χ1) is 13.6. The molecule has 1 fully saturated rings. The highest BCUT2D eigenvalue weighted by Crippen LogP contribution is 2.33. The summed E-state index contributed by atoms with van der Waals surface area (Å²) in [5.74, 6) is -0.382. The third-order valence-electron chi connectivity index (χ3n) is 5.04. The number of hydrogen-bond acceptors (Lipinski definition) is 4. The van der Waals surface area contributed by atoms with Crippen LogP contribution in [0.5, 0.6) is 0 Å². The van der Waals surface area contributed by atoms with Gasteiger partial charge in [0, 0.05) is 24.6 Å². The number of nitrogens with zero attached hydrogens (tertiary/aromatic N) is 4. The predicted octanol–water partition coefficient (Wildman–Crippen LogP) is 4.35. The molecule has 3 heterocycles. The van der Waals surface area contributed by atoms with Crippen molar-refractivity contribution in [2.45, 2.75) is 32.2 Å². The van der Waals surface area contributed by atoms with Gasteiger partial charge in [-0.3, -0.25) is 14.8 Å². The lowest BCUT2D eigenvalue weighted by Gasteiger charge is -2.35. The van der Waals surface area contributed by atoms with E-state index >= 15 is 0 Å². The van der Waals surface area contributed by atoms with Crippen LogP contribution >= 0.6 is 0 Å². The van der Waals surface area contributed by atoms with Crippen molar-refractivity contribution in [3.05, 3.63) is 77.9 Å². The van der Waals surface area contributed by atoms with E-state index in [4.69, 9.17) is 4.98 Å². The van der Waals surface area contributed by atoms with Crippen molar-refractivity contribution in [3.8, 4) is 11.1 Å². The van der Waals surface area contributed by atoms with Gasteiger partial charge in [-0.1, -0.05) is 12.1 Å². The number of halogens is 1. The van der Waals surface area contributed by atoms with Gasteiger partial charge in [-0.15, -0.1) is 0 Å². The average Bonchev–Trinajstić information content (AvgIpc) is 2.74. The van der Waals surface area contributed by atoms with Gasteiger partial charge in [0.2, 0.25) is 0 Å². The molecule has 3 aromatic rings. The van der Waals surface area contributed by atoms with Crippen LogP contribution in [0.15, 0.2) is 55.0 Å². The maximum absolute atomic E-state index is 13.3. The van der Waals surface area contributed by atoms with Crippen LogP contribution in [0, 0.1) is 12.7 Å². The molecule has 28 heavy (non-hydrogen) atoms. The summed E-state index contributed by atoms with van der Waals surface area (Å²) in [7, 11) is 0. The Kier molecular flexibility index (Phi) is 5.10. The summed E-state index contributed by atoms with van der Waals surface area (Å²) in [6.45, 7) is 2.61. The molecular formula is C22H21FN4O. The molecule has 1 saturated heterocycles. The molecule has 1 atom stereocenters. The second-order valence-electron chi connectivity index (χ2n) is 7.03. The van der Waals surface area contributed by atoms with Crippen LogP contribution in [-0.2, 0) is 0 Å². The molecule has 1 aliphatic heterocycles. The summed E-state index contributed by atoms with van der Waals surface area (Å²) < 4.78 is 13.3. The van der Waals surface area contributed by atoms with Gasteiger partial charge < -0.3 is 4.90 Å². The number of piperidine rings is 1. The van der Waals surface area contributed by atoms with E-state index in [0.717, 1.165) is 41.8 Å². The molecule has 1 aliphatic rings. The maximum Gasteiger partial charge on any atom is 0.274 e. The molecular weight excluding hydrogens is 355 g/mol. The molecule has 4 rings (SSSR count). The van der Waals surface area contributed by atoms with Crippen LogP contribution in [0.1, 0.15) is 47.2 Å². The second-order valence-corrected chi connectivity index (χ2v) is 7.03. The number of rotatable bonds is 3. The highest BCUT2D eigenvalue weighted by atomic mass is 19.1. The van der Waals surface area contributed by atoms with E-state index in [1.54, 1.807) is 18.3 Å². The Morgan fingerprint density at radius 3 is 2.68 bits per heavy atom. The number of likely N-dealkylation sites (tertiary alicyclic amines) is 1. The van der Waals surface area contributed by atoms with Crippen LogP contribution in [-0.4, -0.2) is 32.3 Å². The normalized spacial score (nSPS) is 16.8. The lowest BCUT2D eigenvalue weighted by molar-refractivity contribution is 0.0599. The smallest absolute Gasteiger partial charge is 0.274 e. The molecule has 0 bridgehead atoms. The Labute approximate surface area is 163 Å². The summed E-state index contributed by atoms with van der Waals surface area (Å²) in [6, 6.07) is 10.3. The largest absolute Gasteiger partial charge is 0.329 e. The number of benzene rings is 1. The Morgan fingerprint density at radius 2 is 1.93 bits per heavy atom. The third kappa shape index (κ3) is 3.76. The van der Waals surface area contributed by atoms with Crippen molar-refractivity contribution in [3.63, 3.8) is 0 Å². The molecule has 1 aromatic carbocycles. The fourth-order valence-corrected chi connectivity index (χ4v) is 3.71. The van der Waals surface area contributed by atoms with E-state index in [0.29, 0.717) is 12.2 Å². The first kappa shape index (κ1) is 18.2. The zero-order valence-electron chi connectivity index (χ0n) is 15.7. The second kappa shape index (κ2) is 7.84. The first-order valence-electron chi connectivity index (χ1n) is 9.43. The maximum atomic E-state index is 13.3. The fourth-order valence-electron chi connectivity index (χ4n) is 3.71. The molecule has 2 aromatic heterocycles. The first-order valence-corrected chi connectivity index (χ1v) is 9.43. The number of carbonyl (C=O) groups excluding carboxylic acids is 1. The Hall–Kier alpha value is -3.15. The zero-order valence-corrected chi connectivity index (χ0v) is 15.7. The Bertz CT molecular complexity index is 976. The summed E-state index contributed by atoms with van der Waals surface area (Å²) in [6.07, 6.45) is 7.44. The summed E-state index contributed by atoms with van der Waals surface area (Å²) in [5.41, 5.74) is 3.97. The van der Waals surface area contributed by atoms with Crippen molar-refractivity contribution in [1.82, 2.24) is 19.9 Å². The molecule has 0 radical (unpaired) electrons. The molecule has 0 N–H and O–H groups in total.